The Morgan fingerprint density at radius 2 is 1.96 bits per heavy atom. The van der Waals surface area contributed by atoms with Crippen LogP contribution in [0.1, 0.15) is 30.0 Å². The molecule has 2 rings (SSSR count). The van der Waals surface area contributed by atoms with Gasteiger partial charge in [0.15, 0.2) is 0 Å². The monoisotopic (exact) mass is 330 g/mol. The zero-order valence-electron chi connectivity index (χ0n) is 13.8. The normalized spacial score (nSPS) is 11.8. The summed E-state index contributed by atoms with van der Waals surface area (Å²) in [4.78, 5) is 14.0. The number of hydrogen-bond acceptors (Lipinski definition) is 2. The number of carbonyl (C=O) groups is 1. The van der Waals surface area contributed by atoms with Gasteiger partial charge in [-0.2, -0.15) is 0 Å². The first kappa shape index (κ1) is 17.9. The van der Waals surface area contributed by atoms with Crippen molar-refractivity contribution in [3.63, 3.8) is 0 Å². The Labute approximate surface area is 141 Å². The van der Waals surface area contributed by atoms with Gasteiger partial charge in [0, 0.05) is 20.2 Å². The zero-order chi connectivity index (χ0) is 17.4. The number of nitrogens with one attached hydrogen (secondary N) is 1. The second-order valence-corrected chi connectivity index (χ2v) is 5.76. The van der Waals surface area contributed by atoms with Gasteiger partial charge in [0.25, 0.3) is 0 Å². The van der Waals surface area contributed by atoms with Crippen molar-refractivity contribution in [3.8, 4) is 0 Å². The standard InChI is InChI=1S/C19H23FN2O2/c1-22(14-15-7-5-10-17(20)13-15)19(24)21-18(11-6-12-23)16-8-3-2-4-9-16/h2-5,7-10,13,18,23H,6,11-12,14H2,1H3,(H,21,24). The van der Waals surface area contributed by atoms with Crippen molar-refractivity contribution in [2.45, 2.75) is 25.4 Å². The molecule has 0 aliphatic rings. The van der Waals surface area contributed by atoms with Gasteiger partial charge in [0.2, 0.25) is 0 Å². The van der Waals surface area contributed by atoms with Crippen LogP contribution in [0.25, 0.3) is 0 Å². The summed E-state index contributed by atoms with van der Waals surface area (Å²) in [7, 11) is 1.67. The Bertz CT molecular complexity index is 649. The lowest BCUT2D eigenvalue weighted by Crippen LogP contribution is -2.39. The molecule has 0 saturated carbocycles. The largest absolute Gasteiger partial charge is 0.396 e. The number of carbonyl (C=O) groups excluding carboxylic acids is 1. The minimum absolute atomic E-state index is 0.0817. The zero-order valence-corrected chi connectivity index (χ0v) is 13.8. The fourth-order valence-corrected chi connectivity index (χ4v) is 2.54. The van der Waals surface area contributed by atoms with Crippen molar-refractivity contribution in [2.24, 2.45) is 0 Å². The van der Waals surface area contributed by atoms with Gasteiger partial charge >= 0.3 is 6.03 Å². The SMILES string of the molecule is CN(Cc1cccc(F)c1)C(=O)NC(CCCO)c1ccccc1. The maximum Gasteiger partial charge on any atom is 0.317 e. The van der Waals surface area contributed by atoms with Crippen LogP contribution >= 0.6 is 0 Å². The first-order valence-electron chi connectivity index (χ1n) is 8.02. The van der Waals surface area contributed by atoms with Gasteiger partial charge in [-0.05, 0) is 36.1 Å². The number of benzene rings is 2. The van der Waals surface area contributed by atoms with Gasteiger partial charge in [-0.25, -0.2) is 9.18 Å². The van der Waals surface area contributed by atoms with E-state index in [-0.39, 0.29) is 24.5 Å². The summed E-state index contributed by atoms with van der Waals surface area (Å²) >= 11 is 0. The predicted molar refractivity (Wildman–Crippen MR) is 91.9 cm³/mol. The summed E-state index contributed by atoms with van der Waals surface area (Å²) in [6.45, 7) is 0.406. The molecule has 0 spiro atoms. The van der Waals surface area contributed by atoms with Crippen molar-refractivity contribution in [1.29, 1.82) is 0 Å². The van der Waals surface area contributed by atoms with E-state index in [0.717, 1.165) is 11.1 Å². The Hall–Kier alpha value is -2.40. The van der Waals surface area contributed by atoms with E-state index in [2.05, 4.69) is 5.32 Å². The Balaban J connectivity index is 2.01. The molecule has 2 amide bonds. The van der Waals surface area contributed by atoms with E-state index < -0.39 is 0 Å². The number of halogens is 1. The van der Waals surface area contributed by atoms with E-state index in [9.17, 15) is 9.18 Å². The fourth-order valence-electron chi connectivity index (χ4n) is 2.54. The van der Waals surface area contributed by atoms with Crippen LogP contribution in [-0.2, 0) is 6.54 Å². The van der Waals surface area contributed by atoms with Crippen molar-refractivity contribution in [3.05, 3.63) is 71.5 Å². The topological polar surface area (TPSA) is 52.6 Å². The average Bonchev–Trinajstić information content (AvgIpc) is 2.59. The van der Waals surface area contributed by atoms with Gasteiger partial charge in [-0.15, -0.1) is 0 Å². The van der Waals surface area contributed by atoms with Crippen LogP contribution in [0.2, 0.25) is 0 Å². The summed E-state index contributed by atoms with van der Waals surface area (Å²) in [6, 6.07) is 15.5. The van der Waals surface area contributed by atoms with E-state index in [1.165, 1.54) is 17.0 Å². The Morgan fingerprint density at radius 1 is 1.21 bits per heavy atom. The highest BCUT2D eigenvalue weighted by Gasteiger charge is 2.17. The van der Waals surface area contributed by atoms with E-state index in [4.69, 9.17) is 5.11 Å². The minimum Gasteiger partial charge on any atom is -0.396 e. The summed E-state index contributed by atoms with van der Waals surface area (Å²) < 4.78 is 13.2. The Kier molecular flexibility index (Phi) is 6.75. The van der Waals surface area contributed by atoms with Crippen molar-refractivity contribution in [1.82, 2.24) is 10.2 Å². The van der Waals surface area contributed by atoms with E-state index in [1.54, 1.807) is 19.2 Å². The quantitative estimate of drug-likeness (QED) is 0.816. The van der Waals surface area contributed by atoms with E-state index in [1.807, 2.05) is 30.3 Å². The second kappa shape index (κ2) is 9.03. The molecular weight excluding hydrogens is 307 g/mol. The van der Waals surface area contributed by atoms with Gasteiger partial charge in [-0.3, -0.25) is 0 Å². The van der Waals surface area contributed by atoms with Gasteiger partial charge in [0.1, 0.15) is 5.82 Å². The highest BCUT2D eigenvalue weighted by molar-refractivity contribution is 5.74. The number of hydrogen-bond donors (Lipinski definition) is 2. The number of rotatable bonds is 7. The first-order chi connectivity index (χ1) is 11.6. The third kappa shape index (κ3) is 5.35. The second-order valence-electron chi connectivity index (χ2n) is 5.76. The van der Waals surface area contributed by atoms with Crippen LogP contribution in [0.3, 0.4) is 0 Å². The molecule has 4 nitrogen and oxygen atoms in total. The number of aliphatic hydroxyl groups excluding tert-OH is 1. The van der Waals surface area contributed by atoms with Gasteiger partial charge in [0.05, 0.1) is 6.04 Å². The van der Waals surface area contributed by atoms with Crippen LogP contribution in [0, 0.1) is 5.82 Å². The highest BCUT2D eigenvalue weighted by Crippen LogP contribution is 2.18. The third-order valence-corrected chi connectivity index (χ3v) is 3.81. The lowest BCUT2D eigenvalue weighted by Gasteiger charge is -2.24. The number of amides is 2. The fraction of sp³-hybridized carbons (Fsp3) is 0.316. The maximum atomic E-state index is 13.2. The molecule has 0 aromatic heterocycles. The van der Waals surface area contributed by atoms with Crippen molar-refractivity contribution in [2.75, 3.05) is 13.7 Å². The number of nitrogens with zero attached hydrogens (tertiary/aromatic N) is 1. The molecule has 1 atom stereocenters. The summed E-state index contributed by atoms with van der Waals surface area (Å²) in [5.74, 6) is -0.314. The van der Waals surface area contributed by atoms with E-state index >= 15 is 0 Å². The molecule has 1 unspecified atom stereocenters. The van der Waals surface area contributed by atoms with Crippen molar-refractivity contribution < 1.29 is 14.3 Å². The third-order valence-electron chi connectivity index (χ3n) is 3.81. The summed E-state index contributed by atoms with van der Waals surface area (Å²) in [5.41, 5.74) is 1.73. The molecule has 2 N–H and O–H groups in total. The van der Waals surface area contributed by atoms with Crippen molar-refractivity contribution >= 4 is 6.03 Å². The molecule has 2 aromatic carbocycles. The maximum absolute atomic E-state index is 13.2. The molecule has 0 radical (unpaired) electrons. The van der Waals surface area contributed by atoms with Gasteiger partial charge < -0.3 is 15.3 Å². The first-order valence-corrected chi connectivity index (χ1v) is 8.02. The molecule has 5 heteroatoms. The molecular formula is C19H23FN2O2. The minimum atomic E-state index is -0.314. The molecule has 0 aliphatic carbocycles. The summed E-state index contributed by atoms with van der Waals surface area (Å²) in [5, 5.41) is 12.1. The average molecular weight is 330 g/mol. The van der Waals surface area contributed by atoms with Crippen LogP contribution < -0.4 is 5.32 Å². The molecule has 0 saturated heterocycles. The van der Waals surface area contributed by atoms with Gasteiger partial charge in [-0.1, -0.05) is 42.5 Å². The molecule has 128 valence electrons. The number of urea groups is 1. The van der Waals surface area contributed by atoms with Crippen LogP contribution in [0.4, 0.5) is 9.18 Å². The molecule has 0 fully saturated rings. The smallest absolute Gasteiger partial charge is 0.317 e. The van der Waals surface area contributed by atoms with Crippen LogP contribution in [-0.4, -0.2) is 29.7 Å². The lowest BCUT2D eigenvalue weighted by molar-refractivity contribution is 0.200. The Morgan fingerprint density at radius 3 is 2.62 bits per heavy atom. The molecule has 0 heterocycles. The predicted octanol–water partition coefficient (Wildman–Crippen LogP) is 3.48. The number of aliphatic hydroxyl groups is 1. The van der Waals surface area contributed by atoms with E-state index in [0.29, 0.717) is 19.4 Å². The molecule has 0 aliphatic heterocycles. The molecule has 0 bridgehead atoms. The van der Waals surface area contributed by atoms with Crippen LogP contribution in [0.15, 0.2) is 54.6 Å². The summed E-state index contributed by atoms with van der Waals surface area (Å²) in [6.07, 6.45) is 1.26. The highest BCUT2D eigenvalue weighted by atomic mass is 19.1. The lowest BCUT2D eigenvalue weighted by atomic mass is 10.0. The van der Waals surface area contributed by atoms with Crippen LogP contribution in [0.5, 0.6) is 0 Å². The molecule has 2 aromatic rings. The molecule has 24 heavy (non-hydrogen) atoms.